The Kier molecular flexibility index (Phi) is 7.36. The molecule has 8 heteroatoms. The zero-order valence-electron chi connectivity index (χ0n) is 13.6. The number of benzene rings is 1. The summed E-state index contributed by atoms with van der Waals surface area (Å²) in [6.07, 6.45) is 2.39. The van der Waals surface area contributed by atoms with E-state index in [1.54, 1.807) is 12.1 Å². The van der Waals surface area contributed by atoms with Crippen molar-refractivity contribution in [3.05, 3.63) is 56.4 Å². The van der Waals surface area contributed by atoms with Crippen molar-refractivity contribution in [2.75, 3.05) is 7.11 Å². The van der Waals surface area contributed by atoms with E-state index in [-0.39, 0.29) is 17.4 Å². The molecule has 0 saturated carbocycles. The number of nitro groups is 1. The van der Waals surface area contributed by atoms with Gasteiger partial charge in [0.1, 0.15) is 0 Å². The monoisotopic (exact) mass is 334 g/mol. The molecular formula is C16H20N3O5+. The minimum absolute atomic E-state index is 0.0126. The summed E-state index contributed by atoms with van der Waals surface area (Å²) in [6.45, 7) is 1.93. The van der Waals surface area contributed by atoms with Crippen molar-refractivity contribution >= 4 is 11.7 Å². The summed E-state index contributed by atoms with van der Waals surface area (Å²) < 4.78 is 4.48. The second-order valence-corrected chi connectivity index (χ2v) is 5.27. The molecule has 1 rings (SSSR count). The molecule has 0 radical (unpaired) electrons. The van der Waals surface area contributed by atoms with Crippen LogP contribution in [0.25, 0.3) is 4.98 Å². The Hall–Kier alpha value is -2.95. The maximum atomic E-state index is 11.5. The number of hydrogen-bond donors (Lipinski definition) is 1. The van der Waals surface area contributed by atoms with Crippen molar-refractivity contribution in [1.82, 2.24) is 0 Å². The van der Waals surface area contributed by atoms with E-state index in [9.17, 15) is 20.0 Å². The number of carbonyl (C=O) groups is 1. The SMILES string of the molecule is CCCC(CCc1ccc([N+](=O)[O-])cc1)/C(O)=C(\[N+]#N)C(=O)OC. The first-order valence-corrected chi connectivity index (χ1v) is 7.54. The first-order valence-electron chi connectivity index (χ1n) is 7.54. The van der Waals surface area contributed by atoms with Crippen LogP contribution in [0.2, 0.25) is 0 Å². The van der Waals surface area contributed by atoms with Crippen molar-refractivity contribution in [2.45, 2.75) is 32.6 Å². The normalized spacial score (nSPS) is 12.7. The molecule has 0 aliphatic carbocycles. The van der Waals surface area contributed by atoms with Crippen LogP contribution in [0.1, 0.15) is 31.7 Å². The number of methoxy groups -OCH3 is 1. The van der Waals surface area contributed by atoms with E-state index in [1.165, 1.54) is 12.1 Å². The predicted molar refractivity (Wildman–Crippen MR) is 86.6 cm³/mol. The molecule has 0 bridgehead atoms. The minimum atomic E-state index is -0.911. The molecule has 0 saturated heterocycles. The number of aliphatic hydroxyl groups is 1. The van der Waals surface area contributed by atoms with E-state index in [1.807, 2.05) is 6.92 Å². The standard InChI is InChI=1S/C16H19N3O5/c1-3-4-12(15(20)14(18-17)16(21)24-2)8-5-11-6-9-13(10-7-11)19(22)23/h6-7,9-10,12H,3-5,8H2,1-2H3/p+1. The number of nitrogens with zero attached hydrogens (tertiary/aromatic N) is 3. The molecule has 0 spiro atoms. The van der Waals surface area contributed by atoms with Gasteiger partial charge in [-0.15, -0.1) is 0 Å². The molecule has 0 heterocycles. The number of esters is 1. The number of ether oxygens (including phenoxy) is 1. The number of allylic oxidation sites excluding steroid dienone is 1. The number of hydrogen-bond acceptors (Lipinski definition) is 6. The number of carbonyl (C=O) groups excluding carboxylic acids is 1. The fourth-order valence-corrected chi connectivity index (χ4v) is 2.38. The zero-order chi connectivity index (χ0) is 18.1. The maximum absolute atomic E-state index is 11.5. The van der Waals surface area contributed by atoms with Gasteiger partial charge in [-0.3, -0.25) is 10.1 Å². The molecule has 24 heavy (non-hydrogen) atoms. The number of aliphatic hydroxyl groups excluding tert-OH is 1. The molecule has 128 valence electrons. The van der Waals surface area contributed by atoms with Crippen LogP contribution >= 0.6 is 0 Å². The summed E-state index contributed by atoms with van der Waals surface area (Å²) >= 11 is 0. The molecule has 0 aromatic heterocycles. The third kappa shape index (κ3) is 5.05. The summed E-state index contributed by atoms with van der Waals surface area (Å²) in [4.78, 5) is 24.5. The Bertz CT molecular complexity index is 661. The average molecular weight is 334 g/mol. The second-order valence-electron chi connectivity index (χ2n) is 5.27. The second kappa shape index (κ2) is 9.25. The van der Waals surface area contributed by atoms with Crippen LogP contribution in [0.5, 0.6) is 0 Å². The quantitative estimate of drug-likeness (QED) is 0.193. The summed E-state index contributed by atoms with van der Waals surface area (Å²) in [7, 11) is 1.13. The van der Waals surface area contributed by atoms with Crippen LogP contribution in [0.3, 0.4) is 0 Å². The summed E-state index contributed by atoms with van der Waals surface area (Å²) in [5.74, 6) is -1.60. The first kappa shape index (κ1) is 19.1. The fourth-order valence-electron chi connectivity index (χ4n) is 2.38. The lowest BCUT2D eigenvalue weighted by Gasteiger charge is -2.13. The van der Waals surface area contributed by atoms with Crippen molar-refractivity contribution in [3.63, 3.8) is 0 Å². The number of nitro benzene ring substituents is 1. The highest BCUT2D eigenvalue weighted by molar-refractivity contribution is 5.90. The van der Waals surface area contributed by atoms with Crippen LogP contribution in [0.15, 0.2) is 35.7 Å². The van der Waals surface area contributed by atoms with Crippen LogP contribution in [-0.4, -0.2) is 23.1 Å². The van der Waals surface area contributed by atoms with Crippen molar-refractivity contribution < 1.29 is 19.6 Å². The lowest BCUT2D eigenvalue weighted by Crippen LogP contribution is -2.13. The molecule has 0 aliphatic rings. The van der Waals surface area contributed by atoms with E-state index in [0.29, 0.717) is 19.3 Å². The van der Waals surface area contributed by atoms with Crippen LogP contribution in [-0.2, 0) is 16.0 Å². The van der Waals surface area contributed by atoms with Gasteiger partial charge in [0.05, 0.1) is 12.0 Å². The Balaban J connectivity index is 2.89. The van der Waals surface area contributed by atoms with E-state index >= 15 is 0 Å². The van der Waals surface area contributed by atoms with E-state index in [0.717, 1.165) is 19.1 Å². The topological polar surface area (TPSA) is 118 Å². The molecule has 8 nitrogen and oxygen atoms in total. The molecule has 1 N–H and O–H groups in total. The van der Waals surface area contributed by atoms with E-state index in [2.05, 4.69) is 9.71 Å². The van der Waals surface area contributed by atoms with Gasteiger partial charge in [0, 0.05) is 18.1 Å². The highest BCUT2D eigenvalue weighted by Crippen LogP contribution is 2.25. The van der Waals surface area contributed by atoms with Gasteiger partial charge in [-0.05, 0) is 24.8 Å². The number of aryl methyl sites for hydroxylation is 1. The van der Waals surface area contributed by atoms with Gasteiger partial charge in [-0.25, -0.2) is 4.79 Å². The zero-order valence-corrected chi connectivity index (χ0v) is 13.6. The lowest BCUT2D eigenvalue weighted by molar-refractivity contribution is -0.384. The van der Waals surface area contributed by atoms with E-state index in [4.69, 9.17) is 5.39 Å². The third-order valence-electron chi connectivity index (χ3n) is 3.67. The van der Waals surface area contributed by atoms with Gasteiger partial charge in [-0.1, -0.05) is 25.5 Å². The average Bonchev–Trinajstić information content (AvgIpc) is 2.59. The molecule has 1 unspecified atom stereocenters. The van der Waals surface area contributed by atoms with Gasteiger partial charge in [0.15, 0.2) is 10.7 Å². The summed E-state index contributed by atoms with van der Waals surface area (Å²) in [6, 6.07) is 6.14. The van der Waals surface area contributed by atoms with Crippen LogP contribution < -0.4 is 0 Å². The predicted octanol–water partition coefficient (Wildman–Crippen LogP) is 3.74. The fraction of sp³-hybridized carbons (Fsp3) is 0.438. The van der Waals surface area contributed by atoms with Gasteiger partial charge in [0.2, 0.25) is 5.39 Å². The van der Waals surface area contributed by atoms with Gasteiger partial charge >= 0.3 is 11.7 Å². The number of non-ortho nitro benzene ring substituents is 1. The number of rotatable bonds is 8. The van der Waals surface area contributed by atoms with Gasteiger partial charge < -0.3 is 9.84 Å². The summed E-state index contributed by atoms with van der Waals surface area (Å²) in [5, 5.41) is 29.8. The Morgan fingerprint density at radius 1 is 1.38 bits per heavy atom. The number of diazo groups is 1. The Morgan fingerprint density at radius 2 is 2.00 bits per heavy atom. The lowest BCUT2D eigenvalue weighted by atomic mass is 9.92. The molecule has 0 fully saturated rings. The largest absolute Gasteiger partial charge is 0.505 e. The van der Waals surface area contributed by atoms with Crippen molar-refractivity contribution in [3.8, 4) is 0 Å². The third-order valence-corrected chi connectivity index (χ3v) is 3.67. The Morgan fingerprint density at radius 3 is 2.46 bits per heavy atom. The smallest absolute Gasteiger partial charge is 0.505 e. The van der Waals surface area contributed by atoms with Crippen molar-refractivity contribution in [2.24, 2.45) is 5.92 Å². The highest BCUT2D eigenvalue weighted by Gasteiger charge is 2.33. The molecule has 0 aliphatic heterocycles. The minimum Gasteiger partial charge on any atom is -0.505 e. The highest BCUT2D eigenvalue weighted by atomic mass is 16.6. The molecule has 1 aromatic carbocycles. The Labute approximate surface area is 139 Å². The van der Waals surface area contributed by atoms with Crippen LogP contribution in [0.4, 0.5) is 5.69 Å². The first-order chi connectivity index (χ1) is 11.4. The molecule has 1 atom stereocenters. The van der Waals surface area contributed by atoms with Gasteiger partial charge in [0.25, 0.3) is 5.69 Å². The van der Waals surface area contributed by atoms with Crippen LogP contribution in [0, 0.1) is 21.4 Å². The summed E-state index contributed by atoms with van der Waals surface area (Å²) in [5.41, 5.74) is 0.383. The molecule has 1 aromatic rings. The van der Waals surface area contributed by atoms with E-state index < -0.39 is 16.6 Å². The maximum Gasteiger partial charge on any atom is 0.505 e. The van der Waals surface area contributed by atoms with Gasteiger partial charge in [-0.2, -0.15) is 0 Å². The molecular weight excluding hydrogens is 314 g/mol. The molecule has 0 amide bonds. The van der Waals surface area contributed by atoms with Crippen molar-refractivity contribution in [1.29, 1.82) is 5.39 Å².